The van der Waals surface area contributed by atoms with E-state index in [9.17, 15) is 4.79 Å². The molecule has 2 aromatic heterocycles. The average Bonchev–Trinajstić information content (AvgIpc) is 3.24. The fourth-order valence-electron chi connectivity index (χ4n) is 4.06. The molecule has 156 valence electrons. The standard InChI is InChI=1S/C24H24N6O/c1-17-7-5-6-10-20(17)24(31)25-19-13-15-29(16-14-19)22-12-11-21-26-27-23(30(21)28-22)18-8-3-2-4-9-18/h2-12,19H,13-16H2,1H3,(H,25,31). The largest absolute Gasteiger partial charge is 0.355 e. The van der Waals surface area contributed by atoms with E-state index in [-0.39, 0.29) is 11.9 Å². The van der Waals surface area contributed by atoms with Gasteiger partial charge in [0.05, 0.1) is 0 Å². The van der Waals surface area contributed by atoms with E-state index in [2.05, 4.69) is 20.4 Å². The number of piperidine rings is 1. The Labute approximate surface area is 180 Å². The predicted octanol–water partition coefficient (Wildman–Crippen LogP) is 3.50. The van der Waals surface area contributed by atoms with Crippen LogP contribution < -0.4 is 10.2 Å². The van der Waals surface area contributed by atoms with Crippen LogP contribution in [0.15, 0.2) is 66.7 Å². The van der Waals surface area contributed by atoms with Gasteiger partial charge in [-0.1, -0.05) is 48.5 Å². The number of aromatic nitrogens is 4. The van der Waals surface area contributed by atoms with E-state index in [0.29, 0.717) is 0 Å². The minimum Gasteiger partial charge on any atom is -0.355 e. The highest BCUT2D eigenvalue weighted by molar-refractivity contribution is 5.95. The van der Waals surface area contributed by atoms with E-state index < -0.39 is 0 Å². The summed E-state index contributed by atoms with van der Waals surface area (Å²) in [4.78, 5) is 14.9. The number of nitrogens with zero attached hydrogens (tertiary/aromatic N) is 5. The molecule has 3 heterocycles. The lowest BCUT2D eigenvalue weighted by Gasteiger charge is -2.33. The predicted molar refractivity (Wildman–Crippen MR) is 120 cm³/mol. The zero-order valence-electron chi connectivity index (χ0n) is 17.4. The molecule has 1 aliphatic rings. The third kappa shape index (κ3) is 3.86. The smallest absolute Gasteiger partial charge is 0.251 e. The molecule has 0 aliphatic carbocycles. The lowest BCUT2D eigenvalue weighted by Crippen LogP contribution is -2.45. The maximum Gasteiger partial charge on any atom is 0.251 e. The first kappa shape index (κ1) is 19.2. The van der Waals surface area contributed by atoms with Crippen LogP contribution in [0, 0.1) is 6.92 Å². The number of anilines is 1. The van der Waals surface area contributed by atoms with Crippen LogP contribution in [0.25, 0.3) is 17.0 Å². The van der Waals surface area contributed by atoms with E-state index in [1.54, 1.807) is 4.52 Å². The maximum atomic E-state index is 12.6. The fraction of sp³-hybridized carbons (Fsp3) is 0.250. The van der Waals surface area contributed by atoms with Crippen molar-refractivity contribution in [1.29, 1.82) is 0 Å². The zero-order chi connectivity index (χ0) is 21.2. The quantitative estimate of drug-likeness (QED) is 0.555. The summed E-state index contributed by atoms with van der Waals surface area (Å²) in [6, 6.07) is 21.8. The lowest BCUT2D eigenvalue weighted by atomic mass is 10.0. The highest BCUT2D eigenvalue weighted by Gasteiger charge is 2.23. The Hall–Kier alpha value is -3.74. The van der Waals surface area contributed by atoms with Crippen molar-refractivity contribution in [3.8, 4) is 11.4 Å². The van der Waals surface area contributed by atoms with Crippen LogP contribution in [-0.4, -0.2) is 44.8 Å². The molecule has 0 atom stereocenters. The van der Waals surface area contributed by atoms with Crippen LogP contribution in [-0.2, 0) is 0 Å². The van der Waals surface area contributed by atoms with Crippen LogP contribution in [0.4, 0.5) is 5.82 Å². The van der Waals surface area contributed by atoms with Crippen LogP contribution in [0.5, 0.6) is 0 Å². The molecule has 0 spiro atoms. The van der Waals surface area contributed by atoms with Gasteiger partial charge in [0, 0.05) is 30.3 Å². The normalized spacial score (nSPS) is 14.7. The Bertz CT molecular complexity index is 1210. The first-order valence-corrected chi connectivity index (χ1v) is 10.6. The van der Waals surface area contributed by atoms with Crippen molar-refractivity contribution < 1.29 is 4.79 Å². The van der Waals surface area contributed by atoms with Gasteiger partial charge in [-0.15, -0.1) is 15.3 Å². The molecular weight excluding hydrogens is 388 g/mol. The number of benzene rings is 2. The van der Waals surface area contributed by atoms with Crippen molar-refractivity contribution in [1.82, 2.24) is 25.1 Å². The fourth-order valence-corrected chi connectivity index (χ4v) is 4.06. The summed E-state index contributed by atoms with van der Waals surface area (Å²) in [5.74, 6) is 1.64. The molecule has 1 aliphatic heterocycles. The molecule has 4 aromatic rings. The van der Waals surface area contributed by atoms with Crippen LogP contribution in [0.1, 0.15) is 28.8 Å². The summed E-state index contributed by atoms with van der Waals surface area (Å²) in [5, 5.41) is 16.6. The lowest BCUT2D eigenvalue weighted by molar-refractivity contribution is 0.0930. The van der Waals surface area contributed by atoms with Gasteiger partial charge in [0.2, 0.25) is 0 Å². The molecule has 0 radical (unpaired) electrons. The second kappa shape index (κ2) is 8.18. The monoisotopic (exact) mass is 412 g/mol. The van der Waals surface area contributed by atoms with Crippen molar-refractivity contribution in [2.24, 2.45) is 0 Å². The van der Waals surface area contributed by atoms with E-state index >= 15 is 0 Å². The van der Waals surface area contributed by atoms with E-state index in [0.717, 1.165) is 59.9 Å². The molecule has 1 saturated heterocycles. The van der Waals surface area contributed by atoms with Gasteiger partial charge in [0.15, 0.2) is 11.5 Å². The molecule has 0 unspecified atom stereocenters. The van der Waals surface area contributed by atoms with Gasteiger partial charge < -0.3 is 10.2 Å². The number of hydrogen-bond donors (Lipinski definition) is 1. The topological polar surface area (TPSA) is 75.4 Å². The van der Waals surface area contributed by atoms with Gasteiger partial charge in [0.1, 0.15) is 5.82 Å². The zero-order valence-corrected chi connectivity index (χ0v) is 17.4. The minimum atomic E-state index is 0.00749. The molecule has 2 aromatic carbocycles. The summed E-state index contributed by atoms with van der Waals surface area (Å²) in [5.41, 5.74) is 3.46. The Morgan fingerprint density at radius 3 is 2.45 bits per heavy atom. The van der Waals surface area contributed by atoms with E-state index in [4.69, 9.17) is 5.10 Å². The Kier molecular flexibility index (Phi) is 5.08. The molecule has 0 bridgehead atoms. The maximum absolute atomic E-state index is 12.6. The molecule has 1 fully saturated rings. The molecule has 7 heteroatoms. The van der Waals surface area contributed by atoms with Gasteiger partial charge >= 0.3 is 0 Å². The van der Waals surface area contributed by atoms with Crippen molar-refractivity contribution in [2.45, 2.75) is 25.8 Å². The van der Waals surface area contributed by atoms with Gasteiger partial charge in [0.25, 0.3) is 5.91 Å². The molecular formula is C24H24N6O. The Balaban J connectivity index is 1.28. The summed E-state index contributed by atoms with van der Waals surface area (Å²) < 4.78 is 1.80. The molecule has 1 amide bonds. The molecule has 7 nitrogen and oxygen atoms in total. The van der Waals surface area contributed by atoms with Gasteiger partial charge in [-0.2, -0.15) is 4.52 Å². The molecule has 5 rings (SSSR count). The molecule has 1 N–H and O–H groups in total. The third-order valence-electron chi connectivity index (χ3n) is 5.82. The summed E-state index contributed by atoms with van der Waals surface area (Å²) in [6.45, 7) is 3.63. The summed E-state index contributed by atoms with van der Waals surface area (Å²) in [7, 11) is 0. The SMILES string of the molecule is Cc1ccccc1C(=O)NC1CCN(c2ccc3nnc(-c4ccccc4)n3n2)CC1. The van der Waals surface area contributed by atoms with Gasteiger partial charge in [-0.05, 0) is 43.5 Å². The van der Waals surface area contributed by atoms with Crippen molar-refractivity contribution >= 4 is 17.4 Å². The Morgan fingerprint density at radius 2 is 1.68 bits per heavy atom. The average molecular weight is 412 g/mol. The van der Waals surface area contributed by atoms with Crippen LogP contribution in [0.3, 0.4) is 0 Å². The number of rotatable bonds is 4. The highest BCUT2D eigenvalue weighted by Crippen LogP contribution is 2.22. The number of carbonyl (C=O) groups is 1. The number of aryl methyl sites for hydroxylation is 1. The first-order chi connectivity index (χ1) is 15.2. The minimum absolute atomic E-state index is 0.00749. The van der Waals surface area contributed by atoms with Crippen molar-refractivity contribution in [3.05, 3.63) is 77.9 Å². The molecule has 0 saturated carbocycles. The van der Waals surface area contributed by atoms with Gasteiger partial charge in [-0.3, -0.25) is 4.79 Å². The molecule has 31 heavy (non-hydrogen) atoms. The second-order valence-corrected chi connectivity index (χ2v) is 7.90. The summed E-state index contributed by atoms with van der Waals surface area (Å²) >= 11 is 0. The Morgan fingerprint density at radius 1 is 0.935 bits per heavy atom. The third-order valence-corrected chi connectivity index (χ3v) is 5.82. The number of hydrogen-bond acceptors (Lipinski definition) is 5. The summed E-state index contributed by atoms with van der Waals surface area (Å²) in [6.07, 6.45) is 1.76. The number of fused-ring (bicyclic) bond motifs is 1. The number of nitrogens with one attached hydrogen (secondary N) is 1. The number of amides is 1. The van der Waals surface area contributed by atoms with Crippen LogP contribution >= 0.6 is 0 Å². The number of carbonyl (C=O) groups excluding carboxylic acids is 1. The second-order valence-electron chi connectivity index (χ2n) is 7.90. The highest BCUT2D eigenvalue weighted by atomic mass is 16.1. The van der Waals surface area contributed by atoms with Crippen molar-refractivity contribution in [3.63, 3.8) is 0 Å². The van der Waals surface area contributed by atoms with Crippen LogP contribution in [0.2, 0.25) is 0 Å². The van der Waals surface area contributed by atoms with Gasteiger partial charge in [-0.25, -0.2) is 0 Å². The van der Waals surface area contributed by atoms with Crippen molar-refractivity contribution in [2.75, 3.05) is 18.0 Å². The van der Waals surface area contributed by atoms with E-state index in [1.807, 2.05) is 73.7 Å². The first-order valence-electron chi connectivity index (χ1n) is 10.6. The van der Waals surface area contributed by atoms with E-state index in [1.165, 1.54) is 0 Å².